The minimum Gasteiger partial charge on any atom is -0.453 e. The number of nitrogens with zero attached hydrogens (tertiary/aromatic N) is 4. The van der Waals surface area contributed by atoms with E-state index in [1.165, 1.54) is 20.6 Å². The predicted octanol–water partition coefficient (Wildman–Crippen LogP) is 6.16. The first-order valence-corrected chi connectivity index (χ1v) is 19.7. The number of methoxy groups -OCH3 is 2. The number of hydrogen-bond acceptors (Lipinski definition) is 9. The summed E-state index contributed by atoms with van der Waals surface area (Å²) < 4.78 is 9.21. The summed E-state index contributed by atoms with van der Waals surface area (Å²) in [5, 5.41) is 9.78. The fourth-order valence-electron chi connectivity index (χ4n) is 6.57. The molecule has 1 aliphatic rings. The van der Waals surface area contributed by atoms with Crippen molar-refractivity contribution in [1.82, 2.24) is 45.8 Å². The van der Waals surface area contributed by atoms with Crippen LogP contribution in [0.5, 0.6) is 0 Å². The molecule has 5 N–H and O–H groups in total. The van der Waals surface area contributed by atoms with Gasteiger partial charge in [0.2, 0.25) is 11.8 Å². The Labute approximate surface area is 338 Å². The summed E-state index contributed by atoms with van der Waals surface area (Å²) in [6, 6.07) is 13.0. The molecule has 4 heterocycles. The van der Waals surface area contributed by atoms with Crippen LogP contribution < -0.4 is 16.0 Å². The number of unbranched alkanes of at least 4 members (excludes halogenated alkanes) is 1. The number of carbonyl (C=O) groups is 4. The Balaban J connectivity index is 0.00000207. The smallest absolute Gasteiger partial charge is 0.407 e. The number of rotatable bonds is 12. The molecule has 1 aliphatic heterocycles. The molecule has 0 aliphatic carbocycles. The van der Waals surface area contributed by atoms with Gasteiger partial charge in [-0.25, -0.2) is 19.6 Å². The highest BCUT2D eigenvalue weighted by atomic mass is 16.5. The topological polar surface area (TPSA) is 196 Å². The van der Waals surface area contributed by atoms with Crippen LogP contribution in [0.1, 0.15) is 88.6 Å². The third-order valence-corrected chi connectivity index (χ3v) is 9.49. The Morgan fingerprint density at radius 3 is 2.40 bits per heavy atom. The largest absolute Gasteiger partial charge is 0.453 e. The number of ether oxygens (including phenoxy) is 2. The first kappa shape index (κ1) is 42.7. The number of carbonyl (C=O) groups excluding carboxylic acids is 4. The Morgan fingerprint density at radius 2 is 1.67 bits per heavy atom. The fraction of sp³-hybridized carbons (Fsp3) is 0.419. The number of alkyl carbamates (subject to hydrolysis) is 2. The van der Waals surface area contributed by atoms with Gasteiger partial charge >= 0.3 is 12.2 Å². The van der Waals surface area contributed by atoms with E-state index in [1.54, 1.807) is 12.4 Å². The van der Waals surface area contributed by atoms with Gasteiger partial charge in [-0.1, -0.05) is 58.1 Å². The molecule has 1 saturated heterocycles. The van der Waals surface area contributed by atoms with Gasteiger partial charge in [-0.3, -0.25) is 14.6 Å². The Hall–Kier alpha value is -6.43. The molecule has 0 saturated carbocycles. The van der Waals surface area contributed by atoms with Gasteiger partial charge in [-0.2, -0.15) is 0 Å². The third-order valence-electron chi connectivity index (χ3n) is 9.49. The summed E-state index contributed by atoms with van der Waals surface area (Å²) in [5.74, 6) is 7.50. The fourth-order valence-corrected chi connectivity index (χ4v) is 6.57. The SMILES string of the molecule is CCC.COC(=O)NCC(=O)NCCCCc1ncc(-c2ccc(C#Cc3ccc4c(ccc5[nH]c(C6CCCN6C(=O)C(NC(=O)OC)C(C)C)nc54)c3)cn2)[nH]1. The van der Waals surface area contributed by atoms with E-state index in [2.05, 4.69) is 66.3 Å². The van der Waals surface area contributed by atoms with Gasteiger partial charge in [0.05, 0.1) is 55.4 Å². The lowest BCUT2D eigenvalue weighted by Gasteiger charge is -2.29. The zero-order valence-corrected chi connectivity index (χ0v) is 34.0. The lowest BCUT2D eigenvalue weighted by Crippen LogP contribution is -2.51. The number of hydrogen-bond donors (Lipinski definition) is 5. The van der Waals surface area contributed by atoms with E-state index in [0.717, 1.165) is 88.1 Å². The van der Waals surface area contributed by atoms with Gasteiger partial charge in [0.25, 0.3) is 0 Å². The summed E-state index contributed by atoms with van der Waals surface area (Å²) in [7, 11) is 2.53. The molecule has 6 rings (SSSR count). The third kappa shape index (κ3) is 11.1. The van der Waals surface area contributed by atoms with E-state index in [0.29, 0.717) is 13.1 Å². The molecule has 306 valence electrons. The van der Waals surface area contributed by atoms with Crippen molar-refractivity contribution >= 4 is 45.8 Å². The normalized spacial score (nSPS) is 13.9. The van der Waals surface area contributed by atoms with Crippen molar-refractivity contribution in [2.24, 2.45) is 5.92 Å². The summed E-state index contributed by atoms with van der Waals surface area (Å²) in [6.45, 7) is 9.01. The molecule has 3 aromatic heterocycles. The highest BCUT2D eigenvalue weighted by Gasteiger charge is 2.37. The number of aryl methyl sites for hydroxylation is 1. The van der Waals surface area contributed by atoms with Gasteiger partial charge in [0, 0.05) is 42.2 Å². The average molecular weight is 792 g/mol. The predicted molar refractivity (Wildman–Crippen MR) is 222 cm³/mol. The van der Waals surface area contributed by atoms with Gasteiger partial charge < -0.3 is 40.3 Å². The number of pyridine rings is 1. The molecule has 58 heavy (non-hydrogen) atoms. The second-order valence-corrected chi connectivity index (χ2v) is 14.4. The second-order valence-electron chi connectivity index (χ2n) is 14.4. The van der Waals surface area contributed by atoms with Crippen LogP contribution in [0.25, 0.3) is 33.2 Å². The van der Waals surface area contributed by atoms with Crippen molar-refractivity contribution in [2.75, 3.05) is 33.9 Å². The van der Waals surface area contributed by atoms with E-state index in [9.17, 15) is 19.2 Å². The molecule has 0 spiro atoms. The van der Waals surface area contributed by atoms with Gasteiger partial charge in [-0.05, 0) is 67.3 Å². The standard InChI is InChI=1S/C40H45N9O6.C3H8/c1-24(2)35(48-40(53)55-4)38(51)49-19-7-8-32(49)37-46-30-17-14-27-20-25(12-15-28(27)36(30)47-37)10-11-26-13-16-29(42-21-26)31-22-43-33(45-31)9-5-6-18-41-34(50)23-44-39(52)54-3;1-3-2/h12-17,20-22,24,32,35H,5-9,18-19,23H2,1-4H3,(H,41,50)(H,43,45)(H,44,52)(H,46,47)(H,48,53);3H2,1-2H3. The molecular weight excluding hydrogens is 739 g/mol. The van der Waals surface area contributed by atoms with Crippen LogP contribution in [-0.2, 0) is 25.5 Å². The number of aromatic amines is 2. The maximum absolute atomic E-state index is 13.6. The number of nitrogens with one attached hydrogen (secondary N) is 5. The molecule has 5 aromatic rings. The van der Waals surface area contributed by atoms with E-state index >= 15 is 0 Å². The van der Waals surface area contributed by atoms with Crippen LogP contribution in [0, 0.1) is 17.8 Å². The summed E-state index contributed by atoms with van der Waals surface area (Å²) in [6.07, 6.45) is 7.39. The maximum atomic E-state index is 13.6. The van der Waals surface area contributed by atoms with Crippen molar-refractivity contribution in [3.8, 4) is 23.2 Å². The Kier molecular flexibility index (Phi) is 15.2. The van der Waals surface area contributed by atoms with Gasteiger partial charge in [0.1, 0.15) is 17.7 Å². The summed E-state index contributed by atoms with van der Waals surface area (Å²) >= 11 is 0. The zero-order chi connectivity index (χ0) is 41.6. The first-order valence-electron chi connectivity index (χ1n) is 19.7. The molecule has 1 fully saturated rings. The molecule has 4 amide bonds. The minimum atomic E-state index is -0.695. The number of H-pyrrole nitrogens is 2. The van der Waals surface area contributed by atoms with Crippen LogP contribution >= 0.6 is 0 Å². The molecule has 0 bridgehead atoms. The highest BCUT2D eigenvalue weighted by molar-refractivity contribution is 6.04. The number of imidazole rings is 2. The number of benzene rings is 2. The van der Waals surface area contributed by atoms with Crippen LogP contribution in [0.2, 0.25) is 0 Å². The quantitative estimate of drug-likeness (QED) is 0.0727. The van der Waals surface area contributed by atoms with E-state index in [4.69, 9.17) is 9.72 Å². The molecule has 15 heteroatoms. The van der Waals surface area contributed by atoms with E-state index in [-0.39, 0.29) is 30.3 Å². The lowest BCUT2D eigenvalue weighted by molar-refractivity contribution is -0.135. The second kappa shape index (κ2) is 20.7. The van der Waals surface area contributed by atoms with Gasteiger partial charge in [-0.15, -0.1) is 0 Å². The van der Waals surface area contributed by atoms with Crippen molar-refractivity contribution in [2.45, 2.75) is 78.3 Å². The molecule has 2 atom stereocenters. The number of amides is 4. The minimum absolute atomic E-state index is 0.111. The Morgan fingerprint density at radius 1 is 0.914 bits per heavy atom. The molecule has 0 radical (unpaired) electrons. The van der Waals surface area contributed by atoms with Crippen molar-refractivity contribution in [3.05, 3.63) is 77.6 Å². The molecule has 2 aromatic carbocycles. The average Bonchev–Trinajstić information content (AvgIpc) is 4.01. The summed E-state index contributed by atoms with van der Waals surface area (Å²) in [4.78, 5) is 71.0. The van der Waals surface area contributed by atoms with Crippen molar-refractivity contribution in [1.29, 1.82) is 0 Å². The summed E-state index contributed by atoms with van der Waals surface area (Å²) in [5.41, 5.74) is 4.91. The number of aromatic nitrogens is 5. The van der Waals surface area contributed by atoms with Crippen molar-refractivity contribution < 1.29 is 28.7 Å². The monoisotopic (exact) mass is 791 g/mol. The molecule has 15 nitrogen and oxygen atoms in total. The molecule has 2 unspecified atom stereocenters. The van der Waals surface area contributed by atoms with Crippen LogP contribution in [0.15, 0.2) is 54.9 Å². The lowest BCUT2D eigenvalue weighted by atomic mass is 10.0. The van der Waals surface area contributed by atoms with E-state index in [1.807, 2.05) is 61.2 Å². The van der Waals surface area contributed by atoms with Crippen molar-refractivity contribution in [3.63, 3.8) is 0 Å². The molecular formula is C43H53N9O6. The van der Waals surface area contributed by atoms with Gasteiger partial charge in [0.15, 0.2) is 0 Å². The van der Waals surface area contributed by atoms with Crippen LogP contribution in [-0.4, -0.2) is 93.7 Å². The maximum Gasteiger partial charge on any atom is 0.407 e. The Bertz CT molecular complexity index is 2250. The zero-order valence-electron chi connectivity index (χ0n) is 34.0. The number of likely N-dealkylation sites (tertiary alicyclic amines) is 1. The highest BCUT2D eigenvalue weighted by Crippen LogP contribution is 2.34. The van der Waals surface area contributed by atoms with E-state index < -0.39 is 18.2 Å². The first-order chi connectivity index (χ1) is 28.0. The van der Waals surface area contributed by atoms with Crippen LogP contribution in [0.4, 0.5) is 9.59 Å². The van der Waals surface area contributed by atoms with Crippen LogP contribution in [0.3, 0.4) is 0 Å². The number of fused-ring (bicyclic) bond motifs is 3.